The van der Waals surface area contributed by atoms with Crippen molar-refractivity contribution in [3.8, 4) is 0 Å². The Balaban J connectivity index is 2.29. The monoisotopic (exact) mass is 194 g/mol. The fourth-order valence-corrected chi connectivity index (χ4v) is 2.08. The third kappa shape index (κ3) is 1.73. The Kier molecular flexibility index (Phi) is 2.68. The number of anilines is 1. The second-order valence-corrected chi connectivity index (χ2v) is 3.79. The van der Waals surface area contributed by atoms with Crippen LogP contribution in [0, 0.1) is 5.82 Å². The number of nitrogen functional groups attached to an aromatic ring is 1. The summed E-state index contributed by atoms with van der Waals surface area (Å²) in [6, 6.07) is 4.91. The molecule has 76 valence electrons. The van der Waals surface area contributed by atoms with Crippen LogP contribution in [0.15, 0.2) is 18.2 Å². The van der Waals surface area contributed by atoms with E-state index in [4.69, 9.17) is 5.73 Å². The number of nitrogens with one attached hydrogen (secondary N) is 1. The van der Waals surface area contributed by atoms with Crippen molar-refractivity contribution in [1.29, 1.82) is 0 Å². The predicted octanol–water partition coefficient (Wildman–Crippen LogP) is 1.87. The Morgan fingerprint density at radius 2 is 2.29 bits per heavy atom. The second kappa shape index (κ2) is 3.96. The van der Waals surface area contributed by atoms with Gasteiger partial charge in [-0.2, -0.15) is 0 Å². The molecule has 3 heteroatoms. The van der Waals surface area contributed by atoms with Crippen LogP contribution >= 0.6 is 0 Å². The van der Waals surface area contributed by atoms with Gasteiger partial charge in [0.2, 0.25) is 0 Å². The lowest BCUT2D eigenvalue weighted by Gasteiger charge is -2.24. The van der Waals surface area contributed by atoms with Crippen molar-refractivity contribution in [2.75, 3.05) is 18.8 Å². The summed E-state index contributed by atoms with van der Waals surface area (Å²) in [6.07, 6.45) is 2.12. The topological polar surface area (TPSA) is 38.0 Å². The van der Waals surface area contributed by atoms with E-state index in [9.17, 15) is 4.39 Å². The van der Waals surface area contributed by atoms with Crippen LogP contribution in [0.1, 0.15) is 24.3 Å². The van der Waals surface area contributed by atoms with Crippen molar-refractivity contribution in [3.05, 3.63) is 29.6 Å². The van der Waals surface area contributed by atoms with Gasteiger partial charge in [0.25, 0.3) is 0 Å². The van der Waals surface area contributed by atoms with E-state index in [2.05, 4.69) is 5.32 Å². The first kappa shape index (κ1) is 9.46. The molecule has 1 heterocycles. The van der Waals surface area contributed by atoms with Crippen LogP contribution in [0.4, 0.5) is 10.1 Å². The molecule has 1 saturated heterocycles. The average Bonchev–Trinajstić information content (AvgIpc) is 2.19. The van der Waals surface area contributed by atoms with Gasteiger partial charge < -0.3 is 11.1 Å². The lowest BCUT2D eigenvalue weighted by molar-refractivity contribution is 0.447. The van der Waals surface area contributed by atoms with Crippen LogP contribution in [0.3, 0.4) is 0 Å². The summed E-state index contributed by atoms with van der Waals surface area (Å²) in [5, 5.41) is 3.27. The molecule has 0 radical (unpaired) electrons. The molecule has 0 saturated carbocycles. The van der Waals surface area contributed by atoms with Crippen molar-refractivity contribution in [2.45, 2.75) is 18.8 Å². The molecule has 0 bridgehead atoms. The molecule has 1 aliphatic rings. The Labute approximate surface area is 83.3 Å². The van der Waals surface area contributed by atoms with Gasteiger partial charge in [-0.3, -0.25) is 0 Å². The van der Waals surface area contributed by atoms with Crippen LogP contribution in [0.5, 0.6) is 0 Å². The maximum Gasteiger partial charge on any atom is 0.128 e. The summed E-state index contributed by atoms with van der Waals surface area (Å²) in [6.45, 7) is 1.87. The van der Waals surface area contributed by atoms with Gasteiger partial charge in [0.1, 0.15) is 5.82 Å². The summed E-state index contributed by atoms with van der Waals surface area (Å²) in [5.74, 6) is 0.0728. The summed E-state index contributed by atoms with van der Waals surface area (Å²) >= 11 is 0. The Morgan fingerprint density at radius 1 is 1.43 bits per heavy atom. The van der Waals surface area contributed by atoms with Crippen molar-refractivity contribution in [2.24, 2.45) is 0 Å². The third-order valence-electron chi connectivity index (χ3n) is 2.79. The first-order valence-corrected chi connectivity index (χ1v) is 5.03. The molecule has 2 rings (SSSR count). The number of halogens is 1. The molecule has 0 amide bonds. The van der Waals surface area contributed by atoms with E-state index in [1.807, 2.05) is 0 Å². The number of hydrogen-bond donors (Lipinski definition) is 2. The molecule has 14 heavy (non-hydrogen) atoms. The molecule has 0 aliphatic carbocycles. The van der Waals surface area contributed by atoms with Crippen molar-refractivity contribution >= 4 is 5.69 Å². The standard InChI is InChI=1S/C11H15FN2/c12-9-4-1-5-10(13)11(9)8-3-2-6-14-7-8/h1,4-5,8,14H,2-3,6-7,13H2/t8-/m0/s1. The normalized spacial score (nSPS) is 22.2. The number of hydrogen-bond acceptors (Lipinski definition) is 2. The van der Waals surface area contributed by atoms with E-state index in [0.29, 0.717) is 11.3 Å². The number of piperidine rings is 1. The maximum absolute atomic E-state index is 13.5. The van der Waals surface area contributed by atoms with E-state index in [-0.39, 0.29) is 11.7 Å². The summed E-state index contributed by atoms with van der Waals surface area (Å²) in [4.78, 5) is 0. The molecule has 1 fully saturated rings. The summed E-state index contributed by atoms with van der Waals surface area (Å²) in [5.41, 5.74) is 7.06. The highest BCUT2D eigenvalue weighted by molar-refractivity contribution is 5.49. The highest BCUT2D eigenvalue weighted by Gasteiger charge is 2.20. The van der Waals surface area contributed by atoms with Gasteiger partial charge in [-0.05, 0) is 31.5 Å². The van der Waals surface area contributed by atoms with Gasteiger partial charge in [-0.1, -0.05) is 6.07 Å². The predicted molar refractivity (Wildman–Crippen MR) is 55.7 cm³/mol. The Hall–Kier alpha value is -1.09. The fraction of sp³-hybridized carbons (Fsp3) is 0.455. The third-order valence-corrected chi connectivity index (χ3v) is 2.79. The minimum absolute atomic E-state index is 0.168. The molecule has 1 aromatic rings. The van der Waals surface area contributed by atoms with E-state index in [1.165, 1.54) is 6.07 Å². The number of benzene rings is 1. The lowest BCUT2D eigenvalue weighted by atomic mass is 9.90. The first-order valence-electron chi connectivity index (χ1n) is 5.03. The van der Waals surface area contributed by atoms with Crippen LogP contribution in [-0.4, -0.2) is 13.1 Å². The number of nitrogens with two attached hydrogens (primary N) is 1. The van der Waals surface area contributed by atoms with Crippen LogP contribution in [0.2, 0.25) is 0 Å². The SMILES string of the molecule is Nc1cccc(F)c1[C@H]1CCCNC1. The van der Waals surface area contributed by atoms with Gasteiger partial charge in [0, 0.05) is 23.7 Å². The van der Waals surface area contributed by atoms with Crippen molar-refractivity contribution in [1.82, 2.24) is 5.32 Å². The van der Waals surface area contributed by atoms with E-state index in [1.54, 1.807) is 12.1 Å². The van der Waals surface area contributed by atoms with Crippen LogP contribution in [0.25, 0.3) is 0 Å². The average molecular weight is 194 g/mol. The zero-order chi connectivity index (χ0) is 9.97. The van der Waals surface area contributed by atoms with Crippen LogP contribution in [-0.2, 0) is 0 Å². The quantitative estimate of drug-likeness (QED) is 0.670. The van der Waals surface area contributed by atoms with Gasteiger partial charge in [0.05, 0.1) is 0 Å². The molecule has 3 N–H and O–H groups in total. The molecule has 2 nitrogen and oxygen atoms in total. The molecular formula is C11H15FN2. The lowest BCUT2D eigenvalue weighted by Crippen LogP contribution is -2.29. The highest BCUT2D eigenvalue weighted by Crippen LogP contribution is 2.29. The minimum Gasteiger partial charge on any atom is -0.398 e. The largest absolute Gasteiger partial charge is 0.398 e. The first-order chi connectivity index (χ1) is 6.79. The molecule has 1 aromatic carbocycles. The molecule has 0 unspecified atom stereocenters. The molecule has 1 atom stereocenters. The second-order valence-electron chi connectivity index (χ2n) is 3.79. The fourth-order valence-electron chi connectivity index (χ4n) is 2.08. The highest BCUT2D eigenvalue weighted by atomic mass is 19.1. The molecule has 0 spiro atoms. The van der Waals surface area contributed by atoms with Crippen LogP contribution < -0.4 is 11.1 Å². The van der Waals surface area contributed by atoms with Gasteiger partial charge in [0.15, 0.2) is 0 Å². The Bertz CT molecular complexity index is 299. The maximum atomic E-state index is 13.5. The zero-order valence-corrected chi connectivity index (χ0v) is 8.09. The number of rotatable bonds is 1. The van der Waals surface area contributed by atoms with E-state index >= 15 is 0 Å². The van der Waals surface area contributed by atoms with E-state index < -0.39 is 0 Å². The summed E-state index contributed by atoms with van der Waals surface area (Å²) < 4.78 is 13.5. The summed E-state index contributed by atoms with van der Waals surface area (Å²) in [7, 11) is 0. The Morgan fingerprint density at radius 3 is 2.93 bits per heavy atom. The van der Waals surface area contributed by atoms with Gasteiger partial charge in [-0.25, -0.2) is 4.39 Å². The van der Waals surface area contributed by atoms with Gasteiger partial charge in [-0.15, -0.1) is 0 Å². The van der Waals surface area contributed by atoms with Gasteiger partial charge >= 0.3 is 0 Å². The minimum atomic E-state index is -0.168. The molecular weight excluding hydrogens is 179 g/mol. The molecule has 1 aliphatic heterocycles. The van der Waals surface area contributed by atoms with E-state index in [0.717, 1.165) is 25.9 Å². The smallest absolute Gasteiger partial charge is 0.128 e. The van der Waals surface area contributed by atoms with Crippen molar-refractivity contribution in [3.63, 3.8) is 0 Å². The van der Waals surface area contributed by atoms with Crippen molar-refractivity contribution < 1.29 is 4.39 Å². The molecule has 0 aromatic heterocycles. The zero-order valence-electron chi connectivity index (χ0n) is 8.09.